The van der Waals surface area contributed by atoms with Gasteiger partial charge in [0.15, 0.2) is 0 Å². The number of nitrogens with one attached hydrogen (secondary N) is 1. The molecule has 4 nitrogen and oxygen atoms in total. The van der Waals surface area contributed by atoms with Crippen molar-refractivity contribution < 1.29 is 9.21 Å². The van der Waals surface area contributed by atoms with Gasteiger partial charge in [0, 0.05) is 22.5 Å². The number of benzene rings is 3. The van der Waals surface area contributed by atoms with Crippen LogP contribution in [0.2, 0.25) is 0 Å². The second kappa shape index (κ2) is 6.58. The van der Waals surface area contributed by atoms with Crippen molar-refractivity contribution in [2.45, 2.75) is 0 Å². The molecule has 0 aliphatic heterocycles. The average molecular weight is 338 g/mol. The van der Waals surface area contributed by atoms with Crippen molar-refractivity contribution >= 4 is 39.4 Å². The van der Waals surface area contributed by atoms with Gasteiger partial charge in [-0.1, -0.05) is 54.6 Å². The molecule has 1 N–H and O–H groups in total. The van der Waals surface area contributed by atoms with Gasteiger partial charge in [-0.15, -0.1) is 0 Å². The maximum Gasteiger partial charge on any atom is 0.266 e. The number of nitrogens with zero attached hydrogens (tertiary/aromatic N) is 1. The van der Waals surface area contributed by atoms with Gasteiger partial charge in [-0.25, -0.2) is 0 Å². The Balaban J connectivity index is 1.66. The quantitative estimate of drug-likeness (QED) is 0.416. The van der Waals surface area contributed by atoms with Crippen molar-refractivity contribution in [1.82, 2.24) is 0 Å². The molecule has 0 aliphatic rings. The predicted molar refractivity (Wildman–Crippen MR) is 102 cm³/mol. The molecule has 124 valence electrons. The Morgan fingerprint density at radius 2 is 1.69 bits per heavy atom. The van der Waals surface area contributed by atoms with Crippen molar-refractivity contribution in [3.8, 4) is 6.07 Å². The molecule has 4 aromatic rings. The van der Waals surface area contributed by atoms with Crippen molar-refractivity contribution in [2.24, 2.45) is 0 Å². The highest BCUT2D eigenvalue weighted by Crippen LogP contribution is 2.24. The predicted octanol–water partition coefficient (Wildman–Crippen LogP) is 5.13. The Labute approximate surface area is 150 Å². The minimum absolute atomic E-state index is 0.0167. The standard InChI is InChI=1S/C22H14N2O2/c23-14-17(13-18-12-16-7-2-4-11-21(16)26-18)22(25)24-20-10-5-8-15-6-1-3-9-19(15)20/h1-13H,(H,24,25)/b17-13+. The third-order valence-corrected chi connectivity index (χ3v) is 4.13. The number of carbonyl (C=O) groups excluding carboxylic acids is 1. The summed E-state index contributed by atoms with van der Waals surface area (Å²) in [6.07, 6.45) is 1.46. The van der Waals surface area contributed by atoms with E-state index in [4.69, 9.17) is 4.42 Å². The van der Waals surface area contributed by atoms with Crippen LogP contribution in [0.1, 0.15) is 5.76 Å². The van der Waals surface area contributed by atoms with E-state index >= 15 is 0 Å². The first-order valence-electron chi connectivity index (χ1n) is 8.14. The topological polar surface area (TPSA) is 66.0 Å². The maximum absolute atomic E-state index is 12.6. The second-order valence-corrected chi connectivity index (χ2v) is 5.84. The minimum atomic E-state index is -0.468. The lowest BCUT2D eigenvalue weighted by atomic mass is 10.1. The zero-order valence-corrected chi connectivity index (χ0v) is 13.8. The zero-order valence-electron chi connectivity index (χ0n) is 13.8. The number of hydrogen-bond acceptors (Lipinski definition) is 3. The number of furan rings is 1. The number of hydrogen-bond donors (Lipinski definition) is 1. The summed E-state index contributed by atoms with van der Waals surface area (Å²) in [7, 11) is 0. The summed E-state index contributed by atoms with van der Waals surface area (Å²) >= 11 is 0. The van der Waals surface area contributed by atoms with E-state index in [1.807, 2.05) is 72.8 Å². The van der Waals surface area contributed by atoms with Crippen LogP contribution in [0.3, 0.4) is 0 Å². The van der Waals surface area contributed by atoms with Crippen LogP contribution in [0.5, 0.6) is 0 Å². The van der Waals surface area contributed by atoms with E-state index in [9.17, 15) is 10.1 Å². The SMILES string of the molecule is N#C/C(=C\c1cc2ccccc2o1)C(=O)Nc1cccc2ccccc12. The summed E-state index contributed by atoms with van der Waals surface area (Å²) in [6.45, 7) is 0. The van der Waals surface area contributed by atoms with Gasteiger partial charge in [0.1, 0.15) is 23.0 Å². The molecular formula is C22H14N2O2. The van der Waals surface area contributed by atoms with Crippen molar-refractivity contribution in [2.75, 3.05) is 5.32 Å². The Morgan fingerprint density at radius 1 is 0.962 bits per heavy atom. The van der Waals surface area contributed by atoms with Crippen LogP contribution >= 0.6 is 0 Å². The minimum Gasteiger partial charge on any atom is -0.457 e. The number of para-hydroxylation sites is 1. The molecule has 0 aliphatic carbocycles. The first kappa shape index (κ1) is 15.7. The molecule has 1 aromatic heterocycles. The summed E-state index contributed by atoms with van der Waals surface area (Å²) in [5.41, 5.74) is 1.36. The lowest BCUT2D eigenvalue weighted by Gasteiger charge is -2.08. The lowest BCUT2D eigenvalue weighted by Crippen LogP contribution is -2.13. The number of rotatable bonds is 3. The average Bonchev–Trinajstić information content (AvgIpc) is 3.09. The number of amides is 1. The molecule has 1 amide bonds. The van der Waals surface area contributed by atoms with E-state index in [1.54, 1.807) is 6.07 Å². The highest BCUT2D eigenvalue weighted by atomic mass is 16.3. The van der Waals surface area contributed by atoms with Crippen LogP contribution in [-0.2, 0) is 4.79 Å². The van der Waals surface area contributed by atoms with Crippen LogP contribution in [-0.4, -0.2) is 5.91 Å². The zero-order chi connectivity index (χ0) is 17.9. The van der Waals surface area contributed by atoms with E-state index in [1.165, 1.54) is 6.08 Å². The monoisotopic (exact) mass is 338 g/mol. The summed E-state index contributed by atoms with van der Waals surface area (Å²) in [5, 5.41) is 15.1. The van der Waals surface area contributed by atoms with E-state index in [-0.39, 0.29) is 5.57 Å². The van der Waals surface area contributed by atoms with Gasteiger partial charge in [0.25, 0.3) is 5.91 Å². The van der Waals surface area contributed by atoms with Gasteiger partial charge in [-0.3, -0.25) is 4.79 Å². The molecule has 0 unspecified atom stereocenters. The molecular weight excluding hydrogens is 324 g/mol. The number of anilines is 1. The van der Waals surface area contributed by atoms with Crippen molar-refractivity contribution in [3.05, 3.63) is 84.1 Å². The molecule has 4 heteroatoms. The highest BCUT2D eigenvalue weighted by Gasteiger charge is 2.12. The van der Waals surface area contributed by atoms with Gasteiger partial charge in [0.2, 0.25) is 0 Å². The first-order valence-corrected chi connectivity index (χ1v) is 8.14. The Kier molecular flexibility index (Phi) is 3.97. The Hall–Kier alpha value is -3.84. The molecule has 0 saturated carbocycles. The maximum atomic E-state index is 12.6. The number of nitriles is 1. The summed E-state index contributed by atoms with van der Waals surface area (Å²) < 4.78 is 5.66. The number of carbonyl (C=O) groups is 1. The van der Waals surface area contributed by atoms with Crippen LogP contribution < -0.4 is 5.32 Å². The molecule has 0 saturated heterocycles. The molecule has 0 atom stereocenters. The molecule has 0 spiro atoms. The fourth-order valence-corrected chi connectivity index (χ4v) is 2.89. The van der Waals surface area contributed by atoms with Gasteiger partial charge < -0.3 is 9.73 Å². The van der Waals surface area contributed by atoms with Crippen LogP contribution in [0.4, 0.5) is 5.69 Å². The summed E-state index contributed by atoms with van der Waals surface area (Å²) in [4.78, 5) is 12.6. The van der Waals surface area contributed by atoms with Gasteiger partial charge >= 0.3 is 0 Å². The largest absolute Gasteiger partial charge is 0.457 e. The molecule has 1 heterocycles. The smallest absolute Gasteiger partial charge is 0.266 e. The molecule has 0 bridgehead atoms. The van der Waals surface area contributed by atoms with E-state index in [0.29, 0.717) is 17.0 Å². The van der Waals surface area contributed by atoms with E-state index in [2.05, 4.69) is 5.32 Å². The summed E-state index contributed by atoms with van der Waals surface area (Å²) in [6, 6.07) is 24.7. The Morgan fingerprint density at radius 3 is 2.50 bits per heavy atom. The fraction of sp³-hybridized carbons (Fsp3) is 0. The molecule has 4 rings (SSSR count). The van der Waals surface area contributed by atoms with Crippen molar-refractivity contribution in [1.29, 1.82) is 5.26 Å². The van der Waals surface area contributed by atoms with E-state index < -0.39 is 5.91 Å². The fourth-order valence-electron chi connectivity index (χ4n) is 2.89. The third kappa shape index (κ3) is 2.94. The normalized spacial score (nSPS) is 11.4. The molecule has 0 radical (unpaired) electrons. The second-order valence-electron chi connectivity index (χ2n) is 5.84. The van der Waals surface area contributed by atoms with Crippen molar-refractivity contribution in [3.63, 3.8) is 0 Å². The van der Waals surface area contributed by atoms with Gasteiger partial charge in [-0.2, -0.15) is 5.26 Å². The van der Waals surface area contributed by atoms with Crippen LogP contribution in [0.15, 0.2) is 82.8 Å². The molecule has 3 aromatic carbocycles. The lowest BCUT2D eigenvalue weighted by molar-refractivity contribution is -0.112. The van der Waals surface area contributed by atoms with Crippen LogP contribution in [0, 0.1) is 11.3 Å². The molecule has 26 heavy (non-hydrogen) atoms. The van der Waals surface area contributed by atoms with Crippen LogP contribution in [0.25, 0.3) is 27.8 Å². The van der Waals surface area contributed by atoms with Gasteiger partial charge in [0.05, 0.1) is 0 Å². The highest BCUT2D eigenvalue weighted by molar-refractivity contribution is 6.12. The van der Waals surface area contributed by atoms with E-state index in [0.717, 1.165) is 16.2 Å². The first-order chi connectivity index (χ1) is 12.7. The number of fused-ring (bicyclic) bond motifs is 2. The summed E-state index contributed by atoms with van der Waals surface area (Å²) in [5.74, 6) is 0.000119. The van der Waals surface area contributed by atoms with Gasteiger partial charge in [-0.05, 0) is 23.6 Å². The molecule has 0 fully saturated rings. The third-order valence-electron chi connectivity index (χ3n) is 4.13. The Bertz CT molecular complexity index is 1160.